The van der Waals surface area contributed by atoms with E-state index < -0.39 is 11.9 Å². The molecule has 0 spiro atoms. The highest BCUT2D eigenvalue weighted by atomic mass is 16.6. The van der Waals surface area contributed by atoms with Crippen LogP contribution in [0.3, 0.4) is 0 Å². The summed E-state index contributed by atoms with van der Waals surface area (Å²) in [6, 6.07) is 29.6. The van der Waals surface area contributed by atoms with Crippen LogP contribution in [0.1, 0.15) is 54.1 Å². The predicted octanol–water partition coefficient (Wildman–Crippen LogP) is 7.46. The highest BCUT2D eigenvalue weighted by Gasteiger charge is 2.25. The van der Waals surface area contributed by atoms with Crippen LogP contribution >= 0.6 is 0 Å². The summed E-state index contributed by atoms with van der Waals surface area (Å²) < 4.78 is 12.2. The SMILES string of the molecule is Cc1ccccc1C(=O)O/C(=C(/OC(=O)c1ccccc1C)c1ccccc1C)c1ccccc1C. The Kier molecular flexibility index (Phi) is 7.45. The highest BCUT2D eigenvalue weighted by Crippen LogP contribution is 2.34. The normalized spacial score (nSPS) is 11.4. The Morgan fingerprint density at radius 2 is 0.667 bits per heavy atom. The molecule has 0 saturated carbocycles. The first-order valence-electron chi connectivity index (χ1n) is 11.8. The molecular formula is C32H28O4. The average molecular weight is 477 g/mol. The maximum atomic E-state index is 13.4. The van der Waals surface area contributed by atoms with Gasteiger partial charge in [0.25, 0.3) is 0 Å². The third-order valence-corrected chi connectivity index (χ3v) is 6.11. The molecule has 4 aromatic carbocycles. The molecule has 4 heteroatoms. The van der Waals surface area contributed by atoms with Crippen molar-refractivity contribution in [2.24, 2.45) is 0 Å². The van der Waals surface area contributed by atoms with Gasteiger partial charge in [-0.1, -0.05) is 84.9 Å². The molecule has 4 nitrogen and oxygen atoms in total. The Hall–Kier alpha value is -4.44. The Balaban J connectivity index is 1.94. The zero-order valence-corrected chi connectivity index (χ0v) is 20.9. The van der Waals surface area contributed by atoms with Crippen LogP contribution in [0.5, 0.6) is 0 Å². The highest BCUT2D eigenvalue weighted by molar-refractivity contribution is 6.02. The topological polar surface area (TPSA) is 52.6 Å². The molecule has 0 bridgehead atoms. The van der Waals surface area contributed by atoms with E-state index in [2.05, 4.69) is 0 Å². The molecule has 0 N–H and O–H groups in total. The van der Waals surface area contributed by atoms with Crippen LogP contribution in [0.25, 0.3) is 11.5 Å². The Morgan fingerprint density at radius 1 is 0.417 bits per heavy atom. The molecule has 0 unspecified atom stereocenters. The summed E-state index contributed by atoms with van der Waals surface area (Å²) in [5.41, 5.74) is 5.55. The molecule has 0 radical (unpaired) electrons. The van der Waals surface area contributed by atoms with Gasteiger partial charge in [-0.05, 0) is 62.1 Å². The van der Waals surface area contributed by atoms with E-state index in [0.717, 1.165) is 22.3 Å². The molecule has 0 amide bonds. The Bertz CT molecular complexity index is 1350. The van der Waals surface area contributed by atoms with Crippen LogP contribution < -0.4 is 0 Å². The third-order valence-electron chi connectivity index (χ3n) is 6.11. The Labute approximate surface area is 211 Å². The van der Waals surface area contributed by atoms with E-state index in [1.54, 1.807) is 24.3 Å². The first kappa shape index (κ1) is 24.7. The smallest absolute Gasteiger partial charge is 0.343 e. The Morgan fingerprint density at radius 3 is 0.944 bits per heavy atom. The van der Waals surface area contributed by atoms with Gasteiger partial charge in [0.05, 0.1) is 11.1 Å². The maximum Gasteiger partial charge on any atom is 0.343 e. The molecule has 0 aliphatic carbocycles. The van der Waals surface area contributed by atoms with Crippen molar-refractivity contribution in [3.05, 3.63) is 142 Å². The van der Waals surface area contributed by atoms with E-state index in [1.807, 2.05) is 100 Å². The number of aryl methyl sites for hydroxylation is 4. The molecule has 4 aromatic rings. The molecule has 0 aromatic heterocycles. The van der Waals surface area contributed by atoms with Crippen LogP contribution in [0, 0.1) is 27.7 Å². The van der Waals surface area contributed by atoms with Gasteiger partial charge in [0.2, 0.25) is 0 Å². The van der Waals surface area contributed by atoms with Gasteiger partial charge in [-0.15, -0.1) is 0 Å². The van der Waals surface area contributed by atoms with Crippen molar-refractivity contribution in [3.8, 4) is 0 Å². The lowest BCUT2D eigenvalue weighted by Crippen LogP contribution is -2.13. The zero-order chi connectivity index (χ0) is 25.7. The summed E-state index contributed by atoms with van der Waals surface area (Å²) in [5, 5.41) is 0. The van der Waals surface area contributed by atoms with E-state index in [9.17, 15) is 9.59 Å². The second kappa shape index (κ2) is 10.9. The van der Waals surface area contributed by atoms with E-state index in [0.29, 0.717) is 22.3 Å². The summed E-state index contributed by atoms with van der Waals surface area (Å²) in [6.45, 7) is 7.56. The van der Waals surface area contributed by atoms with Crippen LogP contribution in [0.15, 0.2) is 97.1 Å². The first-order valence-corrected chi connectivity index (χ1v) is 11.8. The third kappa shape index (κ3) is 5.28. The number of hydrogen-bond donors (Lipinski definition) is 0. The summed E-state index contributed by atoms with van der Waals surface area (Å²) in [5.74, 6) is -0.663. The molecule has 0 fully saturated rings. The fraction of sp³-hybridized carbons (Fsp3) is 0.125. The summed E-state index contributed by atoms with van der Waals surface area (Å²) in [6.07, 6.45) is 0. The van der Waals surface area contributed by atoms with E-state index >= 15 is 0 Å². The van der Waals surface area contributed by atoms with Crippen molar-refractivity contribution in [3.63, 3.8) is 0 Å². The van der Waals surface area contributed by atoms with Crippen molar-refractivity contribution in [2.75, 3.05) is 0 Å². The first-order chi connectivity index (χ1) is 17.4. The second-order valence-electron chi connectivity index (χ2n) is 8.70. The van der Waals surface area contributed by atoms with Gasteiger partial charge in [-0.3, -0.25) is 0 Å². The minimum absolute atomic E-state index is 0.192. The number of benzene rings is 4. The molecular weight excluding hydrogens is 448 g/mol. The van der Waals surface area contributed by atoms with Crippen molar-refractivity contribution in [2.45, 2.75) is 27.7 Å². The quantitative estimate of drug-likeness (QED) is 0.165. The van der Waals surface area contributed by atoms with Gasteiger partial charge in [-0.2, -0.15) is 0 Å². The van der Waals surface area contributed by atoms with Gasteiger partial charge in [0.1, 0.15) is 0 Å². The number of carbonyl (C=O) groups excluding carboxylic acids is 2. The molecule has 0 heterocycles. The number of esters is 2. The second-order valence-corrected chi connectivity index (χ2v) is 8.70. The summed E-state index contributed by atoms with van der Waals surface area (Å²) in [4.78, 5) is 26.8. The standard InChI is InChI=1S/C32H28O4/c1-21-13-5-9-17-25(21)29(35-31(33)27-19-11-7-15-23(27)3)30(26-18-10-6-14-22(26)2)36-32(34)28-20-12-8-16-24(28)4/h5-20H,1-4H3/b30-29+. The molecule has 0 atom stereocenters. The maximum absolute atomic E-state index is 13.4. The monoisotopic (exact) mass is 476 g/mol. The van der Waals surface area contributed by atoms with Crippen molar-refractivity contribution in [1.29, 1.82) is 0 Å². The fourth-order valence-corrected chi connectivity index (χ4v) is 4.00. The number of ether oxygens (including phenoxy) is 2. The molecule has 0 aliphatic heterocycles. The number of hydrogen-bond acceptors (Lipinski definition) is 4. The number of rotatable bonds is 6. The number of carbonyl (C=O) groups is 2. The van der Waals surface area contributed by atoms with Gasteiger partial charge < -0.3 is 9.47 Å². The molecule has 36 heavy (non-hydrogen) atoms. The van der Waals surface area contributed by atoms with E-state index in [1.165, 1.54) is 0 Å². The van der Waals surface area contributed by atoms with Crippen molar-refractivity contribution >= 4 is 23.5 Å². The zero-order valence-electron chi connectivity index (χ0n) is 20.9. The van der Waals surface area contributed by atoms with Gasteiger partial charge in [0.15, 0.2) is 11.5 Å². The lowest BCUT2D eigenvalue weighted by atomic mass is 10.0. The molecule has 4 rings (SSSR count). The van der Waals surface area contributed by atoms with Crippen LogP contribution in [-0.4, -0.2) is 11.9 Å². The van der Waals surface area contributed by atoms with Gasteiger partial charge >= 0.3 is 11.9 Å². The fourth-order valence-electron chi connectivity index (χ4n) is 4.00. The lowest BCUT2D eigenvalue weighted by Gasteiger charge is -2.19. The predicted molar refractivity (Wildman–Crippen MR) is 142 cm³/mol. The lowest BCUT2D eigenvalue weighted by molar-refractivity contribution is 0.0645. The van der Waals surface area contributed by atoms with Crippen molar-refractivity contribution < 1.29 is 19.1 Å². The molecule has 0 aliphatic rings. The van der Waals surface area contributed by atoms with Gasteiger partial charge in [0, 0.05) is 11.1 Å². The van der Waals surface area contributed by atoms with Crippen LogP contribution in [0.2, 0.25) is 0 Å². The minimum atomic E-state index is -0.524. The summed E-state index contributed by atoms with van der Waals surface area (Å²) >= 11 is 0. The van der Waals surface area contributed by atoms with Crippen LogP contribution in [-0.2, 0) is 9.47 Å². The van der Waals surface area contributed by atoms with E-state index in [4.69, 9.17) is 9.47 Å². The van der Waals surface area contributed by atoms with E-state index in [-0.39, 0.29) is 11.5 Å². The molecule has 180 valence electrons. The molecule has 0 saturated heterocycles. The van der Waals surface area contributed by atoms with Crippen molar-refractivity contribution in [1.82, 2.24) is 0 Å². The van der Waals surface area contributed by atoms with Gasteiger partial charge in [-0.25, -0.2) is 9.59 Å². The average Bonchev–Trinajstić information content (AvgIpc) is 2.87. The largest absolute Gasteiger partial charge is 0.418 e. The minimum Gasteiger partial charge on any atom is -0.418 e. The summed E-state index contributed by atoms with van der Waals surface area (Å²) in [7, 11) is 0. The van der Waals surface area contributed by atoms with Crippen LogP contribution in [0.4, 0.5) is 0 Å².